The van der Waals surface area contributed by atoms with Gasteiger partial charge in [-0.3, -0.25) is 9.78 Å². The molecule has 1 aliphatic rings. The Kier molecular flexibility index (Phi) is 3.46. The van der Waals surface area contributed by atoms with Gasteiger partial charge in [0.2, 0.25) is 5.95 Å². The van der Waals surface area contributed by atoms with Gasteiger partial charge in [0.15, 0.2) is 5.65 Å². The van der Waals surface area contributed by atoms with Crippen molar-refractivity contribution in [3.63, 3.8) is 0 Å². The summed E-state index contributed by atoms with van der Waals surface area (Å²) in [6.07, 6.45) is 2.18. The van der Waals surface area contributed by atoms with Crippen molar-refractivity contribution in [2.45, 2.75) is 25.7 Å². The van der Waals surface area contributed by atoms with Crippen LogP contribution >= 0.6 is 22.6 Å². The molecule has 2 aromatic heterocycles. The quantitative estimate of drug-likeness (QED) is 0.659. The second-order valence-electron chi connectivity index (χ2n) is 5.06. The number of aromatic nitrogens is 3. The van der Waals surface area contributed by atoms with Gasteiger partial charge in [-0.15, -0.1) is 0 Å². The molecular formula is C12H15IN4O3. The SMILES string of the molecule is CC1C[C@H](n2cc(I)c3c(=O)[nH]c(N)nc32)O[C@@H]1CO. The van der Waals surface area contributed by atoms with Crippen molar-refractivity contribution >= 4 is 39.6 Å². The second-order valence-corrected chi connectivity index (χ2v) is 6.22. The largest absolute Gasteiger partial charge is 0.394 e. The predicted molar refractivity (Wildman–Crippen MR) is 82.3 cm³/mol. The first kappa shape index (κ1) is 13.8. The normalized spacial score (nSPS) is 26.4. The number of fused-ring (bicyclic) bond motifs is 1. The summed E-state index contributed by atoms with van der Waals surface area (Å²) in [5, 5.41) is 9.80. The maximum atomic E-state index is 12.0. The summed E-state index contributed by atoms with van der Waals surface area (Å²) in [6.45, 7) is 2.02. The number of anilines is 1. The summed E-state index contributed by atoms with van der Waals surface area (Å²) in [6, 6.07) is 0. The lowest BCUT2D eigenvalue weighted by molar-refractivity contribution is -0.0275. The zero-order chi connectivity index (χ0) is 14.4. The summed E-state index contributed by atoms with van der Waals surface area (Å²) in [7, 11) is 0. The van der Waals surface area contributed by atoms with Crippen LogP contribution in [0.25, 0.3) is 11.0 Å². The number of hydrogen-bond acceptors (Lipinski definition) is 5. The van der Waals surface area contributed by atoms with Crippen LogP contribution in [0.5, 0.6) is 0 Å². The van der Waals surface area contributed by atoms with Gasteiger partial charge in [-0.1, -0.05) is 6.92 Å². The molecule has 0 amide bonds. The molecule has 3 rings (SSSR count). The molecule has 1 aliphatic heterocycles. The fourth-order valence-corrected chi connectivity index (χ4v) is 3.40. The third-order valence-electron chi connectivity index (χ3n) is 3.68. The number of nitrogens with zero attached hydrogens (tertiary/aromatic N) is 2. The Morgan fingerprint density at radius 1 is 1.70 bits per heavy atom. The summed E-state index contributed by atoms with van der Waals surface area (Å²) in [5.74, 6) is 0.336. The zero-order valence-corrected chi connectivity index (χ0v) is 13.0. The van der Waals surface area contributed by atoms with E-state index in [9.17, 15) is 9.90 Å². The molecule has 3 heterocycles. The number of nitrogen functional groups attached to an aromatic ring is 1. The van der Waals surface area contributed by atoms with Crippen molar-refractivity contribution in [3.8, 4) is 0 Å². The Balaban J connectivity index is 2.11. The van der Waals surface area contributed by atoms with Crippen molar-refractivity contribution in [3.05, 3.63) is 20.1 Å². The minimum Gasteiger partial charge on any atom is -0.394 e. The van der Waals surface area contributed by atoms with Crippen LogP contribution in [0.1, 0.15) is 19.6 Å². The molecule has 3 atom stereocenters. The summed E-state index contributed by atoms with van der Waals surface area (Å²) in [5.41, 5.74) is 5.89. The van der Waals surface area contributed by atoms with Crippen LogP contribution < -0.4 is 11.3 Å². The van der Waals surface area contributed by atoms with Crippen LogP contribution in [0, 0.1) is 9.49 Å². The Morgan fingerprint density at radius 2 is 2.45 bits per heavy atom. The average Bonchev–Trinajstić information content (AvgIpc) is 2.90. The highest BCUT2D eigenvalue weighted by atomic mass is 127. The van der Waals surface area contributed by atoms with Gasteiger partial charge in [-0.05, 0) is 34.9 Å². The minimum absolute atomic E-state index is 0.00981. The van der Waals surface area contributed by atoms with E-state index in [4.69, 9.17) is 10.5 Å². The predicted octanol–water partition coefficient (Wildman–Crippen LogP) is 0.827. The first-order valence-corrected chi connectivity index (χ1v) is 7.41. The van der Waals surface area contributed by atoms with Crippen LogP contribution in [0.15, 0.2) is 11.0 Å². The van der Waals surface area contributed by atoms with E-state index in [1.54, 1.807) is 0 Å². The molecule has 8 heteroatoms. The maximum Gasteiger partial charge on any atom is 0.262 e. The number of halogens is 1. The first-order chi connectivity index (χ1) is 9.51. The highest BCUT2D eigenvalue weighted by Gasteiger charge is 2.34. The number of nitrogens with one attached hydrogen (secondary N) is 1. The molecule has 1 saturated heterocycles. The fraction of sp³-hybridized carbons (Fsp3) is 0.500. The summed E-state index contributed by atoms with van der Waals surface area (Å²) in [4.78, 5) is 18.7. The minimum atomic E-state index is -0.250. The summed E-state index contributed by atoms with van der Waals surface area (Å²) >= 11 is 2.10. The molecule has 1 unspecified atom stereocenters. The number of aliphatic hydroxyl groups is 1. The molecule has 0 spiro atoms. The molecule has 0 saturated carbocycles. The zero-order valence-electron chi connectivity index (χ0n) is 10.8. The maximum absolute atomic E-state index is 12.0. The van der Waals surface area contributed by atoms with Gasteiger partial charge in [0.05, 0.1) is 18.1 Å². The van der Waals surface area contributed by atoms with Crippen LogP contribution in [-0.4, -0.2) is 32.4 Å². The number of rotatable bonds is 2. The number of H-pyrrole nitrogens is 1. The van der Waals surface area contributed by atoms with Crippen LogP contribution in [0.2, 0.25) is 0 Å². The van der Waals surface area contributed by atoms with Gasteiger partial charge in [0.1, 0.15) is 6.23 Å². The monoisotopic (exact) mass is 390 g/mol. The van der Waals surface area contributed by atoms with Gasteiger partial charge in [-0.25, -0.2) is 0 Å². The van der Waals surface area contributed by atoms with Gasteiger partial charge in [0.25, 0.3) is 5.56 Å². The smallest absolute Gasteiger partial charge is 0.262 e. The number of aliphatic hydroxyl groups excluding tert-OH is 1. The lowest BCUT2D eigenvalue weighted by atomic mass is 10.0. The number of aromatic amines is 1. The highest BCUT2D eigenvalue weighted by Crippen LogP contribution is 2.35. The number of hydrogen-bond donors (Lipinski definition) is 3. The van der Waals surface area contributed by atoms with Crippen LogP contribution in [-0.2, 0) is 4.74 Å². The Hall–Kier alpha value is -1.13. The van der Waals surface area contributed by atoms with Gasteiger partial charge in [0, 0.05) is 9.77 Å². The van der Waals surface area contributed by atoms with Crippen LogP contribution in [0.4, 0.5) is 5.95 Å². The third kappa shape index (κ3) is 2.11. The molecule has 4 N–H and O–H groups in total. The Bertz CT molecular complexity index is 711. The molecule has 108 valence electrons. The second kappa shape index (κ2) is 5.01. The van der Waals surface area contributed by atoms with E-state index in [-0.39, 0.29) is 36.4 Å². The van der Waals surface area contributed by atoms with E-state index in [0.29, 0.717) is 11.0 Å². The lowest BCUT2D eigenvalue weighted by Gasteiger charge is -2.14. The molecule has 20 heavy (non-hydrogen) atoms. The summed E-state index contributed by atoms with van der Waals surface area (Å²) < 4.78 is 8.46. The lowest BCUT2D eigenvalue weighted by Crippen LogP contribution is -2.18. The molecule has 0 aliphatic carbocycles. The fourth-order valence-electron chi connectivity index (χ4n) is 2.61. The number of nitrogens with two attached hydrogens (primary N) is 1. The van der Waals surface area contributed by atoms with Gasteiger partial charge in [-0.2, -0.15) is 4.98 Å². The van der Waals surface area contributed by atoms with E-state index in [1.807, 2.05) is 17.7 Å². The molecule has 0 radical (unpaired) electrons. The molecule has 0 aromatic carbocycles. The van der Waals surface area contributed by atoms with Crippen molar-refractivity contribution < 1.29 is 9.84 Å². The standard InChI is InChI=1S/C12H15IN4O3/c1-5-2-8(20-7(5)4-18)17-3-6(13)9-10(17)15-12(14)16-11(9)19/h3,5,7-8,18H,2,4H2,1H3,(H3,14,15,16,19)/t5?,7-,8-/m1/s1. The van der Waals surface area contributed by atoms with Gasteiger partial charge < -0.3 is 20.1 Å². The molecule has 0 bridgehead atoms. The molecular weight excluding hydrogens is 375 g/mol. The highest BCUT2D eigenvalue weighted by molar-refractivity contribution is 14.1. The van der Waals surface area contributed by atoms with Gasteiger partial charge >= 0.3 is 0 Å². The van der Waals surface area contributed by atoms with Crippen molar-refractivity contribution in [2.75, 3.05) is 12.3 Å². The molecule has 7 nitrogen and oxygen atoms in total. The van der Waals surface area contributed by atoms with E-state index in [0.717, 1.165) is 9.99 Å². The van der Waals surface area contributed by atoms with E-state index in [2.05, 4.69) is 32.6 Å². The van der Waals surface area contributed by atoms with Crippen LogP contribution in [0.3, 0.4) is 0 Å². The van der Waals surface area contributed by atoms with E-state index in [1.165, 1.54) is 0 Å². The van der Waals surface area contributed by atoms with E-state index >= 15 is 0 Å². The van der Waals surface area contributed by atoms with Crippen molar-refractivity contribution in [1.82, 2.24) is 14.5 Å². The number of ether oxygens (including phenoxy) is 1. The molecule has 1 fully saturated rings. The first-order valence-electron chi connectivity index (χ1n) is 6.33. The van der Waals surface area contributed by atoms with E-state index < -0.39 is 0 Å². The molecule has 2 aromatic rings. The average molecular weight is 390 g/mol. The van der Waals surface area contributed by atoms with Crippen molar-refractivity contribution in [1.29, 1.82) is 0 Å². The Morgan fingerprint density at radius 3 is 3.10 bits per heavy atom. The topological polar surface area (TPSA) is 106 Å². The third-order valence-corrected chi connectivity index (χ3v) is 4.50. The van der Waals surface area contributed by atoms with Crippen molar-refractivity contribution in [2.24, 2.45) is 5.92 Å². The Labute approximate surface area is 128 Å².